The number of hydrogen-bond donors (Lipinski definition) is 2. The summed E-state index contributed by atoms with van der Waals surface area (Å²) < 4.78 is 10.1. The van der Waals surface area contributed by atoms with Crippen molar-refractivity contribution in [3.63, 3.8) is 0 Å². The Morgan fingerprint density at radius 2 is 1.93 bits per heavy atom. The molecule has 7 nitrogen and oxygen atoms in total. The largest absolute Gasteiger partial charge is 0.365 e. The van der Waals surface area contributed by atoms with Crippen molar-refractivity contribution in [2.24, 2.45) is 0 Å². The van der Waals surface area contributed by atoms with Crippen molar-refractivity contribution in [3.05, 3.63) is 52.7 Å². The lowest BCUT2D eigenvalue weighted by molar-refractivity contribution is -0.0974. The van der Waals surface area contributed by atoms with Crippen LogP contribution in [0.4, 0.5) is 5.82 Å². The molecule has 2 heterocycles. The normalized spacial score (nSPS) is 11.1. The molecule has 0 aliphatic heterocycles. The summed E-state index contributed by atoms with van der Waals surface area (Å²) in [4.78, 5) is 23.0. The van der Waals surface area contributed by atoms with Gasteiger partial charge in [0.25, 0.3) is 5.91 Å². The zero-order chi connectivity index (χ0) is 19.2. The van der Waals surface area contributed by atoms with Gasteiger partial charge in [-0.25, -0.2) is 9.97 Å². The second kappa shape index (κ2) is 8.90. The van der Waals surface area contributed by atoms with Crippen LogP contribution in [0.15, 0.2) is 36.7 Å². The van der Waals surface area contributed by atoms with Gasteiger partial charge in [-0.05, 0) is 30.7 Å². The molecule has 0 atom stereocenters. The Morgan fingerprint density at radius 3 is 2.63 bits per heavy atom. The van der Waals surface area contributed by atoms with Gasteiger partial charge in [0.1, 0.15) is 17.0 Å². The number of aromatic nitrogens is 2. The van der Waals surface area contributed by atoms with E-state index in [1.165, 1.54) is 19.1 Å². The third-order valence-electron chi connectivity index (χ3n) is 4.08. The van der Waals surface area contributed by atoms with Crippen molar-refractivity contribution in [1.82, 2.24) is 15.3 Å². The first kappa shape index (κ1) is 19.2. The number of benzene rings is 1. The van der Waals surface area contributed by atoms with E-state index in [-0.39, 0.29) is 5.91 Å². The third kappa shape index (κ3) is 4.79. The standard InChI is InChI=1S/C19H22N4O3S/c1-12-8-15-17(22-11-23-19(15)27-12)20-9-13-4-6-14(7-5-13)18(24)21-10-16(25-2)26-3/h4-8,11,16H,9-10H2,1-3H3,(H,21,24)(H,20,22,23). The molecule has 2 N–H and O–H groups in total. The van der Waals surface area contributed by atoms with Crippen molar-refractivity contribution in [2.45, 2.75) is 19.8 Å². The molecule has 0 bridgehead atoms. The second-order valence-electron chi connectivity index (χ2n) is 5.96. The van der Waals surface area contributed by atoms with E-state index in [1.54, 1.807) is 29.8 Å². The first-order valence-electron chi connectivity index (χ1n) is 8.48. The van der Waals surface area contributed by atoms with Crippen LogP contribution in [0, 0.1) is 6.92 Å². The van der Waals surface area contributed by atoms with E-state index >= 15 is 0 Å². The minimum atomic E-state index is -0.456. The van der Waals surface area contributed by atoms with Crippen LogP contribution in [-0.4, -0.2) is 42.9 Å². The van der Waals surface area contributed by atoms with Gasteiger partial charge in [-0.1, -0.05) is 12.1 Å². The fourth-order valence-electron chi connectivity index (χ4n) is 2.62. The summed E-state index contributed by atoms with van der Waals surface area (Å²) in [5.74, 6) is 0.649. The molecule has 0 aliphatic carbocycles. The maximum atomic E-state index is 12.2. The van der Waals surface area contributed by atoms with Gasteiger partial charge in [-0.3, -0.25) is 4.79 Å². The Bertz CT molecular complexity index is 907. The van der Waals surface area contributed by atoms with Crippen molar-refractivity contribution in [3.8, 4) is 0 Å². The molecule has 1 amide bonds. The van der Waals surface area contributed by atoms with Crippen molar-refractivity contribution in [2.75, 3.05) is 26.1 Å². The topological polar surface area (TPSA) is 85.4 Å². The van der Waals surface area contributed by atoms with Crippen LogP contribution in [0.1, 0.15) is 20.8 Å². The summed E-state index contributed by atoms with van der Waals surface area (Å²) in [6.45, 7) is 2.96. The summed E-state index contributed by atoms with van der Waals surface area (Å²) in [5.41, 5.74) is 1.64. The quantitative estimate of drug-likeness (QED) is 0.579. The van der Waals surface area contributed by atoms with Crippen LogP contribution >= 0.6 is 11.3 Å². The van der Waals surface area contributed by atoms with Gasteiger partial charge in [0.15, 0.2) is 6.29 Å². The molecule has 0 aliphatic rings. The second-order valence-corrected chi connectivity index (χ2v) is 7.19. The van der Waals surface area contributed by atoms with Crippen LogP contribution < -0.4 is 10.6 Å². The smallest absolute Gasteiger partial charge is 0.251 e. The summed E-state index contributed by atoms with van der Waals surface area (Å²) in [5, 5.41) is 7.15. The molecule has 27 heavy (non-hydrogen) atoms. The summed E-state index contributed by atoms with van der Waals surface area (Å²) in [7, 11) is 3.07. The average molecular weight is 386 g/mol. The monoisotopic (exact) mass is 386 g/mol. The van der Waals surface area contributed by atoms with Gasteiger partial charge in [-0.2, -0.15) is 0 Å². The number of thiophene rings is 1. The predicted octanol–water partition coefficient (Wildman–Crippen LogP) is 2.96. The summed E-state index contributed by atoms with van der Waals surface area (Å²) in [6.07, 6.45) is 1.12. The van der Waals surface area contributed by atoms with Gasteiger partial charge >= 0.3 is 0 Å². The molecule has 0 radical (unpaired) electrons. The summed E-state index contributed by atoms with van der Waals surface area (Å²) >= 11 is 1.65. The zero-order valence-electron chi connectivity index (χ0n) is 15.5. The van der Waals surface area contributed by atoms with Crippen LogP contribution in [0.25, 0.3) is 10.2 Å². The number of amides is 1. The molecule has 0 spiro atoms. The van der Waals surface area contributed by atoms with E-state index in [0.29, 0.717) is 18.7 Å². The number of rotatable bonds is 8. The van der Waals surface area contributed by atoms with Crippen LogP contribution in [0.5, 0.6) is 0 Å². The Balaban J connectivity index is 1.59. The first-order valence-corrected chi connectivity index (χ1v) is 9.30. The fourth-order valence-corrected chi connectivity index (χ4v) is 3.46. The van der Waals surface area contributed by atoms with E-state index in [9.17, 15) is 4.79 Å². The highest BCUT2D eigenvalue weighted by Gasteiger charge is 2.10. The third-order valence-corrected chi connectivity index (χ3v) is 5.04. The van der Waals surface area contributed by atoms with Gasteiger partial charge in [-0.15, -0.1) is 11.3 Å². The molecule has 0 saturated heterocycles. The SMILES string of the molecule is COC(CNC(=O)c1ccc(CNc2ncnc3sc(C)cc23)cc1)OC. The van der Waals surface area contributed by atoms with Crippen molar-refractivity contribution < 1.29 is 14.3 Å². The highest BCUT2D eigenvalue weighted by molar-refractivity contribution is 7.18. The number of hydrogen-bond acceptors (Lipinski definition) is 7. The maximum absolute atomic E-state index is 12.2. The fraction of sp³-hybridized carbons (Fsp3) is 0.316. The van der Waals surface area contributed by atoms with E-state index in [2.05, 4.69) is 33.6 Å². The number of aryl methyl sites for hydroxylation is 1. The molecule has 8 heteroatoms. The van der Waals surface area contributed by atoms with Gasteiger partial charge in [0.05, 0.1) is 11.9 Å². The lowest BCUT2D eigenvalue weighted by Gasteiger charge is -2.14. The molecule has 142 valence electrons. The average Bonchev–Trinajstić information content (AvgIpc) is 3.08. The Morgan fingerprint density at radius 1 is 1.19 bits per heavy atom. The molecule has 3 aromatic rings. The zero-order valence-corrected chi connectivity index (χ0v) is 16.3. The highest BCUT2D eigenvalue weighted by atomic mass is 32.1. The van der Waals surface area contributed by atoms with Gasteiger partial charge in [0.2, 0.25) is 0 Å². The number of ether oxygens (including phenoxy) is 2. The van der Waals surface area contributed by atoms with Crippen LogP contribution in [-0.2, 0) is 16.0 Å². The van der Waals surface area contributed by atoms with E-state index in [4.69, 9.17) is 9.47 Å². The van der Waals surface area contributed by atoms with Gasteiger partial charge < -0.3 is 20.1 Å². The number of nitrogens with one attached hydrogen (secondary N) is 2. The molecular formula is C19H22N4O3S. The first-order chi connectivity index (χ1) is 13.1. The van der Waals surface area contributed by atoms with E-state index < -0.39 is 6.29 Å². The molecule has 0 unspecified atom stereocenters. The van der Waals surface area contributed by atoms with Crippen molar-refractivity contribution >= 4 is 33.3 Å². The molecule has 3 rings (SSSR count). The Hall–Kier alpha value is -2.55. The minimum Gasteiger partial charge on any atom is -0.365 e. The number of carbonyl (C=O) groups is 1. The highest BCUT2D eigenvalue weighted by Crippen LogP contribution is 2.27. The lowest BCUT2D eigenvalue weighted by atomic mass is 10.1. The molecule has 0 fully saturated rings. The number of methoxy groups -OCH3 is 2. The lowest BCUT2D eigenvalue weighted by Crippen LogP contribution is -2.34. The maximum Gasteiger partial charge on any atom is 0.251 e. The minimum absolute atomic E-state index is 0.167. The van der Waals surface area contributed by atoms with Crippen molar-refractivity contribution in [1.29, 1.82) is 0 Å². The number of fused-ring (bicyclic) bond motifs is 1. The Kier molecular flexibility index (Phi) is 6.33. The molecule has 1 aromatic carbocycles. The van der Waals surface area contributed by atoms with E-state index in [0.717, 1.165) is 21.6 Å². The molecule has 0 saturated carbocycles. The van der Waals surface area contributed by atoms with Crippen LogP contribution in [0.2, 0.25) is 0 Å². The Labute approximate surface area is 161 Å². The van der Waals surface area contributed by atoms with E-state index in [1.807, 2.05) is 12.1 Å². The predicted molar refractivity (Wildman–Crippen MR) is 106 cm³/mol. The molecule has 2 aromatic heterocycles. The van der Waals surface area contributed by atoms with Gasteiger partial charge in [0, 0.05) is 31.2 Å². The number of anilines is 1. The molecular weight excluding hydrogens is 364 g/mol. The number of nitrogens with zero attached hydrogens (tertiary/aromatic N) is 2. The number of carbonyl (C=O) groups excluding carboxylic acids is 1. The summed E-state index contributed by atoms with van der Waals surface area (Å²) in [6, 6.07) is 9.52. The van der Waals surface area contributed by atoms with Crippen LogP contribution in [0.3, 0.4) is 0 Å².